The molecule has 0 unspecified atom stereocenters. The number of rotatable bonds is 10. The topological polar surface area (TPSA) is 180 Å². The number of phenols is 1. The van der Waals surface area contributed by atoms with Crippen LogP contribution in [-0.4, -0.2) is 80.9 Å². The van der Waals surface area contributed by atoms with Crippen LogP contribution < -0.4 is 9.47 Å². The fourth-order valence-corrected chi connectivity index (χ4v) is 3.41. The molecule has 2 aromatic carbocycles. The number of hydrogen-bond donors (Lipinski definition) is 5. The molecule has 0 aromatic heterocycles. The van der Waals surface area contributed by atoms with E-state index in [2.05, 4.69) is 0 Å². The number of carboxylic acid groups (broad SMARTS) is 1. The van der Waals surface area contributed by atoms with Crippen molar-refractivity contribution in [3.8, 4) is 17.2 Å². The number of allylic oxidation sites excluding steroid dienone is 2. The number of phenolic OH excluding ortho intramolecular Hbond substituents is 1. The van der Waals surface area contributed by atoms with Gasteiger partial charge in [-0.05, 0) is 47.5 Å². The minimum Gasteiger partial charge on any atom is -0.508 e. The fourth-order valence-electron chi connectivity index (χ4n) is 3.41. The van der Waals surface area contributed by atoms with Gasteiger partial charge in [-0.25, -0.2) is 4.79 Å². The molecule has 5 N–H and O–H groups in total. The van der Waals surface area contributed by atoms with Gasteiger partial charge >= 0.3 is 5.97 Å². The molecule has 1 heterocycles. The number of aliphatic hydroxyl groups excluding tert-OH is 3. The first-order valence-electron chi connectivity index (χ1n) is 11.1. The maximum Gasteiger partial charge on any atom is 0.335 e. The molecule has 0 spiro atoms. The largest absolute Gasteiger partial charge is 0.508 e. The Hall–Kier alpha value is -4.03. The Morgan fingerprint density at radius 1 is 0.865 bits per heavy atom. The lowest BCUT2D eigenvalue weighted by Gasteiger charge is -2.38. The van der Waals surface area contributed by atoms with Crippen molar-refractivity contribution in [1.82, 2.24) is 0 Å². The number of hydrogen-bond acceptors (Lipinski definition) is 10. The Morgan fingerprint density at radius 3 is 2.05 bits per heavy atom. The molecule has 5 atom stereocenters. The lowest BCUT2D eigenvalue weighted by atomic mass is 9.99. The summed E-state index contributed by atoms with van der Waals surface area (Å²) in [7, 11) is 1.33. The molecule has 1 saturated heterocycles. The van der Waals surface area contributed by atoms with Gasteiger partial charge in [0.2, 0.25) is 6.29 Å². The predicted octanol–water partition coefficient (Wildman–Crippen LogP) is 0.927. The molecule has 11 heteroatoms. The third kappa shape index (κ3) is 7.24. The van der Waals surface area contributed by atoms with Crippen LogP contribution in [0.2, 0.25) is 0 Å². The summed E-state index contributed by atoms with van der Waals surface area (Å²) in [5.41, 5.74) is 1.20. The van der Waals surface area contributed by atoms with Gasteiger partial charge in [-0.3, -0.25) is 9.59 Å². The first-order valence-corrected chi connectivity index (χ1v) is 11.1. The third-order valence-electron chi connectivity index (χ3n) is 5.41. The van der Waals surface area contributed by atoms with Crippen molar-refractivity contribution < 1.29 is 54.1 Å². The van der Waals surface area contributed by atoms with Gasteiger partial charge in [0.1, 0.15) is 24.1 Å². The second-order valence-electron chi connectivity index (χ2n) is 8.13. The Kier molecular flexibility index (Phi) is 9.15. The molecule has 0 aliphatic carbocycles. The Morgan fingerprint density at radius 2 is 1.46 bits per heavy atom. The van der Waals surface area contributed by atoms with Crippen molar-refractivity contribution >= 4 is 29.7 Å². The van der Waals surface area contributed by atoms with E-state index in [1.165, 1.54) is 61.7 Å². The smallest absolute Gasteiger partial charge is 0.335 e. The van der Waals surface area contributed by atoms with Gasteiger partial charge in [-0.1, -0.05) is 30.4 Å². The van der Waals surface area contributed by atoms with Crippen LogP contribution in [0.3, 0.4) is 0 Å². The molecule has 37 heavy (non-hydrogen) atoms. The molecule has 0 saturated carbocycles. The van der Waals surface area contributed by atoms with Gasteiger partial charge in [0.15, 0.2) is 29.2 Å². The molecule has 1 fully saturated rings. The number of aromatic hydroxyl groups is 1. The monoisotopic (exact) mass is 514 g/mol. The Bertz CT molecular complexity index is 1190. The summed E-state index contributed by atoms with van der Waals surface area (Å²) >= 11 is 0. The van der Waals surface area contributed by atoms with Crippen molar-refractivity contribution in [2.24, 2.45) is 0 Å². The second-order valence-corrected chi connectivity index (χ2v) is 8.13. The number of methoxy groups -OCH3 is 1. The second kappa shape index (κ2) is 12.3. The van der Waals surface area contributed by atoms with Crippen molar-refractivity contribution in [2.75, 3.05) is 7.11 Å². The van der Waals surface area contributed by atoms with Crippen molar-refractivity contribution in [3.05, 3.63) is 65.7 Å². The standard InChI is InChI=1S/C26H26O11/c1-35-20-12-15(5-10-18(29)13-17(28)9-4-14-2-7-16(27)8-3-14)6-11-19(20)36-26-23(32)21(30)22(31)24(37-26)25(33)34/h2-12,21-24,26-27,30-32H,13H2,1H3,(H,33,34)/b9-4+,10-5+/t21-,22-,23+,24-,26+/m0/s1. The van der Waals surface area contributed by atoms with E-state index in [1.807, 2.05) is 0 Å². The summed E-state index contributed by atoms with van der Waals surface area (Å²) in [6, 6.07) is 10.6. The van der Waals surface area contributed by atoms with Gasteiger partial charge < -0.3 is 39.7 Å². The quantitative estimate of drug-likeness (QED) is 0.225. The normalized spacial score (nSPS) is 23.7. The lowest BCUT2D eigenvalue weighted by Crippen LogP contribution is -2.61. The van der Waals surface area contributed by atoms with Crippen LogP contribution in [0, 0.1) is 0 Å². The van der Waals surface area contributed by atoms with Gasteiger partial charge in [-0.15, -0.1) is 0 Å². The molecule has 0 bridgehead atoms. The van der Waals surface area contributed by atoms with E-state index in [1.54, 1.807) is 12.1 Å². The van der Waals surface area contributed by atoms with Crippen LogP contribution in [-0.2, 0) is 19.1 Å². The number of aliphatic hydroxyl groups is 3. The minimum atomic E-state index is -1.85. The zero-order valence-electron chi connectivity index (χ0n) is 19.6. The van der Waals surface area contributed by atoms with Crippen LogP contribution in [0.4, 0.5) is 0 Å². The van der Waals surface area contributed by atoms with E-state index < -0.39 is 48.2 Å². The first-order chi connectivity index (χ1) is 17.6. The average molecular weight is 514 g/mol. The predicted molar refractivity (Wildman–Crippen MR) is 129 cm³/mol. The van der Waals surface area contributed by atoms with Crippen molar-refractivity contribution in [2.45, 2.75) is 37.1 Å². The molecule has 196 valence electrons. The van der Waals surface area contributed by atoms with Crippen LogP contribution in [0.25, 0.3) is 12.2 Å². The lowest BCUT2D eigenvalue weighted by molar-refractivity contribution is -0.271. The molecular weight excluding hydrogens is 488 g/mol. The molecule has 11 nitrogen and oxygen atoms in total. The fraction of sp³-hybridized carbons (Fsp3) is 0.269. The Balaban J connectivity index is 1.63. The SMILES string of the molecule is COc1cc(/C=C/C(=O)CC(=O)/C=C/c2ccc(O)cc2)ccc1O[C@@H]1O[C@H](C(=O)O)[C@@H](O)[C@H](O)[C@H]1O. The van der Waals surface area contributed by atoms with E-state index in [4.69, 9.17) is 19.3 Å². The summed E-state index contributed by atoms with van der Waals surface area (Å²) in [4.78, 5) is 35.5. The van der Waals surface area contributed by atoms with Crippen molar-refractivity contribution in [1.29, 1.82) is 0 Å². The summed E-state index contributed by atoms with van der Waals surface area (Å²) in [5, 5.41) is 48.3. The number of benzene rings is 2. The number of carbonyl (C=O) groups is 3. The van der Waals surface area contributed by atoms with E-state index >= 15 is 0 Å². The highest BCUT2D eigenvalue weighted by Gasteiger charge is 2.48. The van der Waals surface area contributed by atoms with Gasteiger partial charge in [-0.2, -0.15) is 0 Å². The molecule has 1 aliphatic rings. The minimum absolute atomic E-state index is 0.0392. The Labute approximate surface area is 211 Å². The highest BCUT2D eigenvalue weighted by molar-refractivity contribution is 6.10. The zero-order chi connectivity index (χ0) is 27.1. The van der Waals surface area contributed by atoms with Gasteiger partial charge in [0.05, 0.1) is 13.5 Å². The number of carboxylic acids is 1. The number of ether oxygens (including phenoxy) is 3. The molecule has 3 rings (SSSR count). The number of ketones is 2. The maximum atomic E-state index is 12.2. The van der Waals surface area contributed by atoms with Crippen LogP contribution in [0.5, 0.6) is 17.2 Å². The summed E-state index contributed by atoms with van der Waals surface area (Å²) in [5.74, 6) is -2.10. The summed E-state index contributed by atoms with van der Waals surface area (Å²) in [6.45, 7) is 0. The van der Waals surface area contributed by atoms with Gasteiger partial charge in [0, 0.05) is 0 Å². The molecule has 2 aromatic rings. The van der Waals surface area contributed by atoms with Crippen LogP contribution in [0.1, 0.15) is 17.5 Å². The van der Waals surface area contributed by atoms with E-state index in [0.29, 0.717) is 11.1 Å². The average Bonchev–Trinajstić information content (AvgIpc) is 2.87. The summed E-state index contributed by atoms with van der Waals surface area (Å²) in [6.07, 6.45) is -3.70. The van der Waals surface area contributed by atoms with Crippen LogP contribution >= 0.6 is 0 Å². The number of carbonyl (C=O) groups excluding carboxylic acids is 2. The van der Waals surface area contributed by atoms with Gasteiger partial charge in [0.25, 0.3) is 0 Å². The summed E-state index contributed by atoms with van der Waals surface area (Å²) < 4.78 is 15.9. The molecule has 1 aliphatic heterocycles. The molecule has 0 radical (unpaired) electrons. The highest BCUT2D eigenvalue weighted by atomic mass is 16.7. The van der Waals surface area contributed by atoms with E-state index in [-0.39, 0.29) is 23.7 Å². The maximum absolute atomic E-state index is 12.2. The van der Waals surface area contributed by atoms with E-state index in [9.17, 15) is 34.8 Å². The van der Waals surface area contributed by atoms with Crippen LogP contribution in [0.15, 0.2) is 54.6 Å². The van der Waals surface area contributed by atoms with E-state index in [0.717, 1.165) is 0 Å². The zero-order valence-corrected chi connectivity index (χ0v) is 19.6. The highest BCUT2D eigenvalue weighted by Crippen LogP contribution is 2.32. The first kappa shape index (κ1) is 27.6. The molecular formula is C26H26O11. The molecule has 0 amide bonds. The van der Waals surface area contributed by atoms with Crippen molar-refractivity contribution in [3.63, 3.8) is 0 Å². The number of aliphatic carboxylic acids is 1. The third-order valence-corrected chi connectivity index (χ3v) is 5.41.